The molecule has 3 rings (SSSR count). The third kappa shape index (κ3) is 7.53. The number of carbonyl (C=O) groups is 2. The van der Waals surface area contributed by atoms with Gasteiger partial charge in [0.2, 0.25) is 21.8 Å². The summed E-state index contributed by atoms with van der Waals surface area (Å²) >= 11 is 0. The molecule has 0 aliphatic carbocycles. The monoisotopic (exact) mass is 527 g/mol. The third-order valence-electron chi connectivity index (χ3n) is 5.76. The van der Waals surface area contributed by atoms with Gasteiger partial charge in [0.1, 0.15) is 30.8 Å². The van der Waals surface area contributed by atoms with E-state index >= 15 is 0 Å². The Bertz CT molecular complexity index is 1320. The molecule has 0 bridgehead atoms. The lowest BCUT2D eigenvalue weighted by Gasteiger charge is -2.31. The van der Waals surface area contributed by atoms with Crippen LogP contribution < -0.4 is 14.4 Å². The summed E-state index contributed by atoms with van der Waals surface area (Å²) in [6, 6.07) is 20.8. The van der Waals surface area contributed by atoms with Crippen molar-refractivity contribution >= 4 is 27.5 Å². The number of hydrogen-bond donors (Lipinski definition) is 1. The van der Waals surface area contributed by atoms with Crippen LogP contribution in [0.4, 0.5) is 10.1 Å². The molecule has 0 fully saturated rings. The van der Waals surface area contributed by atoms with Crippen LogP contribution in [-0.4, -0.2) is 51.0 Å². The first-order valence-corrected chi connectivity index (χ1v) is 13.4. The zero-order valence-corrected chi connectivity index (χ0v) is 21.7. The maximum atomic E-state index is 14.3. The van der Waals surface area contributed by atoms with Crippen molar-refractivity contribution in [3.63, 3.8) is 0 Å². The zero-order chi connectivity index (χ0) is 27.0. The van der Waals surface area contributed by atoms with Gasteiger partial charge in [0.15, 0.2) is 0 Å². The second-order valence-corrected chi connectivity index (χ2v) is 10.3. The molecular formula is C27H30FN3O5S. The molecule has 0 aromatic heterocycles. The fourth-order valence-corrected chi connectivity index (χ4v) is 4.51. The molecule has 0 radical (unpaired) electrons. The van der Waals surface area contributed by atoms with Gasteiger partial charge in [-0.2, -0.15) is 0 Å². The number of nitrogens with one attached hydrogen (secondary N) is 1. The van der Waals surface area contributed by atoms with E-state index in [1.807, 2.05) is 30.3 Å². The number of nitrogens with zero attached hydrogens (tertiary/aromatic N) is 2. The summed E-state index contributed by atoms with van der Waals surface area (Å²) in [4.78, 5) is 26.9. The van der Waals surface area contributed by atoms with E-state index in [0.29, 0.717) is 12.4 Å². The molecule has 0 heterocycles. The van der Waals surface area contributed by atoms with Crippen LogP contribution >= 0.6 is 0 Å². The number of likely N-dealkylation sites (N-methyl/N-ethyl adjacent to an activating group) is 1. The molecule has 0 spiro atoms. The predicted octanol–water partition coefficient (Wildman–Crippen LogP) is 3.33. The van der Waals surface area contributed by atoms with Gasteiger partial charge in [0.25, 0.3) is 0 Å². The first kappa shape index (κ1) is 27.7. The van der Waals surface area contributed by atoms with E-state index in [2.05, 4.69) is 5.32 Å². The first-order valence-electron chi connectivity index (χ1n) is 11.6. The Morgan fingerprint density at radius 1 is 0.973 bits per heavy atom. The average molecular weight is 528 g/mol. The Morgan fingerprint density at radius 2 is 1.59 bits per heavy atom. The zero-order valence-electron chi connectivity index (χ0n) is 20.9. The molecule has 3 aromatic rings. The molecule has 2 amide bonds. The Kier molecular flexibility index (Phi) is 9.24. The summed E-state index contributed by atoms with van der Waals surface area (Å²) in [7, 11) is -2.45. The van der Waals surface area contributed by atoms with Crippen molar-refractivity contribution in [2.24, 2.45) is 0 Å². The summed E-state index contributed by atoms with van der Waals surface area (Å²) in [5.41, 5.74) is 1.44. The molecule has 0 saturated heterocycles. The molecular weight excluding hydrogens is 497 g/mol. The summed E-state index contributed by atoms with van der Waals surface area (Å²) < 4.78 is 46.3. The highest BCUT2D eigenvalue weighted by molar-refractivity contribution is 7.92. The third-order valence-corrected chi connectivity index (χ3v) is 6.91. The van der Waals surface area contributed by atoms with E-state index in [1.165, 1.54) is 44.3 Å². The van der Waals surface area contributed by atoms with Crippen molar-refractivity contribution < 1.29 is 27.1 Å². The molecule has 0 aliphatic rings. The van der Waals surface area contributed by atoms with Gasteiger partial charge in [0.05, 0.1) is 11.9 Å². The lowest BCUT2D eigenvalue weighted by atomic mass is 10.1. The van der Waals surface area contributed by atoms with E-state index in [1.54, 1.807) is 18.2 Å². The summed E-state index contributed by atoms with van der Waals surface area (Å²) in [5, 5.41) is 2.47. The topological polar surface area (TPSA) is 96.0 Å². The SMILES string of the molecule is CNC(=O)C(C)N(Cc1ccccc1F)C(=O)CN(c1ccc(OCc2ccccc2)cc1)S(C)(=O)=O. The quantitative estimate of drug-likeness (QED) is 0.413. The second-order valence-electron chi connectivity index (χ2n) is 8.44. The second kappa shape index (κ2) is 12.4. The number of benzene rings is 3. The van der Waals surface area contributed by atoms with Gasteiger partial charge < -0.3 is 15.0 Å². The van der Waals surface area contributed by atoms with Crippen molar-refractivity contribution in [2.45, 2.75) is 26.1 Å². The number of halogens is 1. The molecule has 1 N–H and O–H groups in total. The van der Waals surface area contributed by atoms with E-state index in [9.17, 15) is 22.4 Å². The van der Waals surface area contributed by atoms with Gasteiger partial charge in [-0.15, -0.1) is 0 Å². The average Bonchev–Trinajstić information content (AvgIpc) is 2.89. The van der Waals surface area contributed by atoms with Gasteiger partial charge in [-0.05, 0) is 42.8 Å². The Morgan fingerprint density at radius 3 is 2.19 bits per heavy atom. The van der Waals surface area contributed by atoms with Gasteiger partial charge in [0, 0.05) is 19.2 Å². The standard InChI is InChI=1S/C27H30FN3O5S/c1-20(27(33)29-2)30(17-22-11-7-8-12-25(22)28)26(32)18-31(37(3,34)35)23-13-15-24(16-14-23)36-19-21-9-5-4-6-10-21/h4-16,20H,17-19H2,1-3H3,(H,29,33). The highest BCUT2D eigenvalue weighted by Gasteiger charge is 2.30. The van der Waals surface area contributed by atoms with Crippen LogP contribution in [0.3, 0.4) is 0 Å². The molecule has 10 heteroatoms. The minimum atomic E-state index is -3.88. The van der Waals surface area contributed by atoms with Crippen LogP contribution in [0, 0.1) is 5.82 Å². The number of sulfonamides is 1. The van der Waals surface area contributed by atoms with Crippen LogP contribution in [0.25, 0.3) is 0 Å². The highest BCUT2D eigenvalue weighted by atomic mass is 32.2. The van der Waals surface area contributed by atoms with Gasteiger partial charge in [-0.25, -0.2) is 12.8 Å². The number of carbonyl (C=O) groups excluding carboxylic acids is 2. The van der Waals surface area contributed by atoms with Crippen LogP contribution in [0.2, 0.25) is 0 Å². The van der Waals surface area contributed by atoms with Gasteiger partial charge in [-0.1, -0.05) is 48.5 Å². The largest absolute Gasteiger partial charge is 0.489 e. The highest BCUT2D eigenvalue weighted by Crippen LogP contribution is 2.23. The van der Waals surface area contributed by atoms with E-state index < -0.39 is 40.2 Å². The number of amides is 2. The molecule has 37 heavy (non-hydrogen) atoms. The molecule has 0 aliphatic heterocycles. The van der Waals surface area contributed by atoms with Gasteiger partial charge in [-0.3, -0.25) is 13.9 Å². The van der Waals surface area contributed by atoms with Gasteiger partial charge >= 0.3 is 0 Å². The predicted molar refractivity (Wildman–Crippen MR) is 140 cm³/mol. The van der Waals surface area contributed by atoms with E-state index in [-0.39, 0.29) is 17.8 Å². The lowest BCUT2D eigenvalue weighted by molar-refractivity contribution is -0.139. The minimum Gasteiger partial charge on any atom is -0.489 e. The summed E-state index contributed by atoms with van der Waals surface area (Å²) in [6.45, 7) is 1.07. The fraction of sp³-hybridized carbons (Fsp3) is 0.259. The van der Waals surface area contributed by atoms with Crippen molar-refractivity contribution in [1.29, 1.82) is 0 Å². The fourth-order valence-electron chi connectivity index (χ4n) is 3.66. The number of ether oxygens (including phenoxy) is 1. The van der Waals surface area contributed by atoms with Crippen LogP contribution in [0.1, 0.15) is 18.1 Å². The maximum Gasteiger partial charge on any atom is 0.244 e. The first-order chi connectivity index (χ1) is 17.6. The van der Waals surface area contributed by atoms with E-state index in [4.69, 9.17) is 4.74 Å². The van der Waals surface area contributed by atoms with Crippen molar-refractivity contribution in [1.82, 2.24) is 10.2 Å². The maximum absolute atomic E-state index is 14.3. The summed E-state index contributed by atoms with van der Waals surface area (Å²) in [5.74, 6) is -1.12. The number of hydrogen-bond acceptors (Lipinski definition) is 5. The van der Waals surface area contributed by atoms with Crippen molar-refractivity contribution in [3.8, 4) is 5.75 Å². The molecule has 196 valence electrons. The van der Waals surface area contributed by atoms with E-state index in [0.717, 1.165) is 21.0 Å². The van der Waals surface area contributed by atoms with Crippen LogP contribution in [0.5, 0.6) is 5.75 Å². The Hall–Kier alpha value is -3.92. The van der Waals surface area contributed by atoms with Crippen molar-refractivity contribution in [3.05, 3.63) is 95.8 Å². The lowest BCUT2D eigenvalue weighted by Crippen LogP contribution is -2.50. The van der Waals surface area contributed by atoms with Crippen LogP contribution in [0.15, 0.2) is 78.9 Å². The number of rotatable bonds is 11. The molecule has 8 nitrogen and oxygen atoms in total. The minimum absolute atomic E-state index is 0.204. The normalized spacial score (nSPS) is 11.9. The van der Waals surface area contributed by atoms with Crippen molar-refractivity contribution in [2.75, 3.05) is 24.2 Å². The molecule has 0 saturated carbocycles. The number of anilines is 1. The molecule has 3 aromatic carbocycles. The molecule has 1 atom stereocenters. The molecule has 1 unspecified atom stereocenters. The Labute approximate surface area is 216 Å². The summed E-state index contributed by atoms with van der Waals surface area (Å²) in [6.07, 6.45) is 0.990. The van der Waals surface area contributed by atoms with Crippen LogP contribution in [-0.2, 0) is 32.8 Å². The Balaban J connectivity index is 1.81. The smallest absolute Gasteiger partial charge is 0.244 e.